The maximum Gasteiger partial charge on any atom is 0.344 e. The van der Waals surface area contributed by atoms with E-state index in [1.165, 1.54) is 0 Å². The topological polar surface area (TPSA) is 81.8 Å². The molecule has 7 nitrogen and oxygen atoms in total. The van der Waals surface area contributed by atoms with Gasteiger partial charge in [0.25, 0.3) is 11.8 Å². The van der Waals surface area contributed by atoms with Gasteiger partial charge in [-0.15, -0.1) is 0 Å². The van der Waals surface area contributed by atoms with Gasteiger partial charge in [0, 0.05) is 0 Å². The van der Waals surface area contributed by atoms with Gasteiger partial charge >= 0.3 is 6.03 Å². The van der Waals surface area contributed by atoms with Gasteiger partial charge in [-0.05, 0) is 57.2 Å². The van der Waals surface area contributed by atoms with Crippen LogP contribution < -0.4 is 10.7 Å². The number of urea groups is 1. The van der Waals surface area contributed by atoms with Crippen LogP contribution in [0, 0.1) is 5.92 Å². The first-order chi connectivity index (χ1) is 12.9. The Balaban J connectivity index is 1.54. The molecule has 2 aliphatic heterocycles. The van der Waals surface area contributed by atoms with Crippen molar-refractivity contribution in [2.24, 2.45) is 5.92 Å². The number of nitrogens with zero attached hydrogens (tertiary/aromatic N) is 2. The lowest BCUT2D eigenvalue weighted by Crippen LogP contribution is -2.51. The Kier molecular flexibility index (Phi) is 5.79. The van der Waals surface area contributed by atoms with E-state index in [9.17, 15) is 14.4 Å². The molecule has 27 heavy (non-hydrogen) atoms. The third-order valence-electron chi connectivity index (χ3n) is 5.50. The summed E-state index contributed by atoms with van der Waals surface area (Å²) in [6.45, 7) is 5.84. The van der Waals surface area contributed by atoms with Crippen LogP contribution >= 0.6 is 0 Å². The first kappa shape index (κ1) is 19.4. The molecule has 0 spiro atoms. The van der Waals surface area contributed by atoms with Gasteiger partial charge < -0.3 is 5.32 Å². The minimum Gasteiger partial charge on any atom is -0.322 e. The van der Waals surface area contributed by atoms with Gasteiger partial charge in [-0.25, -0.2) is 4.79 Å². The standard InChI is InChI=1S/C20H28N4O3/c1-15-9-12-23(13-10-15)14-17(25)22-24-18(26)20(2,21-19(24)27)11-8-16-6-4-3-5-7-16/h3-7,15H,8-14H2,1-2H3,(H,21,27)(H,22,25). The Morgan fingerprint density at radius 3 is 2.56 bits per heavy atom. The smallest absolute Gasteiger partial charge is 0.322 e. The molecule has 0 aromatic heterocycles. The van der Waals surface area contributed by atoms with Crippen molar-refractivity contribution in [3.8, 4) is 0 Å². The predicted octanol–water partition coefficient (Wildman–Crippen LogP) is 1.69. The average Bonchev–Trinajstić information content (AvgIpc) is 2.86. The van der Waals surface area contributed by atoms with Crippen LogP contribution in [0.1, 0.15) is 38.7 Å². The molecule has 1 unspecified atom stereocenters. The van der Waals surface area contributed by atoms with Crippen molar-refractivity contribution in [2.45, 2.75) is 45.1 Å². The van der Waals surface area contributed by atoms with E-state index in [1.807, 2.05) is 30.3 Å². The van der Waals surface area contributed by atoms with E-state index in [-0.39, 0.29) is 12.5 Å². The maximum atomic E-state index is 12.7. The van der Waals surface area contributed by atoms with E-state index in [1.54, 1.807) is 6.92 Å². The first-order valence-corrected chi connectivity index (χ1v) is 9.60. The number of hydrogen-bond acceptors (Lipinski definition) is 4. The summed E-state index contributed by atoms with van der Waals surface area (Å²) in [6, 6.07) is 9.23. The number of imide groups is 1. The molecule has 1 atom stereocenters. The molecular formula is C20H28N4O3. The molecule has 0 radical (unpaired) electrons. The number of likely N-dealkylation sites (tertiary alicyclic amines) is 1. The van der Waals surface area contributed by atoms with E-state index in [0.717, 1.165) is 36.5 Å². The molecular weight excluding hydrogens is 344 g/mol. The number of carbonyl (C=O) groups is 3. The molecule has 146 valence electrons. The first-order valence-electron chi connectivity index (χ1n) is 9.60. The third kappa shape index (κ3) is 4.66. The lowest BCUT2D eigenvalue weighted by molar-refractivity contribution is -0.139. The van der Waals surface area contributed by atoms with Crippen LogP contribution in [0.5, 0.6) is 0 Å². The second kappa shape index (κ2) is 8.08. The van der Waals surface area contributed by atoms with Gasteiger partial charge in [-0.3, -0.25) is 19.9 Å². The van der Waals surface area contributed by atoms with Crippen LogP contribution in [0.25, 0.3) is 0 Å². The van der Waals surface area contributed by atoms with Crippen LogP contribution in [0.2, 0.25) is 0 Å². The number of benzene rings is 1. The molecule has 2 heterocycles. The van der Waals surface area contributed by atoms with E-state index in [0.29, 0.717) is 18.8 Å². The van der Waals surface area contributed by atoms with Crippen molar-refractivity contribution in [1.29, 1.82) is 0 Å². The Hall–Kier alpha value is -2.41. The van der Waals surface area contributed by atoms with Crippen LogP contribution in [-0.4, -0.2) is 52.9 Å². The van der Waals surface area contributed by atoms with Crippen molar-refractivity contribution >= 4 is 17.8 Å². The molecule has 1 aromatic carbocycles. The largest absolute Gasteiger partial charge is 0.344 e. The van der Waals surface area contributed by atoms with Gasteiger partial charge in [-0.2, -0.15) is 5.01 Å². The Labute approximate surface area is 160 Å². The van der Waals surface area contributed by atoms with Crippen molar-refractivity contribution < 1.29 is 14.4 Å². The zero-order valence-electron chi connectivity index (χ0n) is 16.0. The highest BCUT2D eigenvalue weighted by Gasteiger charge is 2.48. The number of amides is 4. The summed E-state index contributed by atoms with van der Waals surface area (Å²) in [5.41, 5.74) is 2.57. The predicted molar refractivity (Wildman–Crippen MR) is 102 cm³/mol. The fourth-order valence-corrected chi connectivity index (χ4v) is 3.58. The Morgan fingerprint density at radius 2 is 1.89 bits per heavy atom. The van der Waals surface area contributed by atoms with E-state index >= 15 is 0 Å². The van der Waals surface area contributed by atoms with E-state index < -0.39 is 17.5 Å². The molecule has 2 aliphatic rings. The molecule has 2 fully saturated rings. The van der Waals surface area contributed by atoms with Crippen molar-refractivity contribution in [3.63, 3.8) is 0 Å². The fourth-order valence-electron chi connectivity index (χ4n) is 3.58. The zero-order chi connectivity index (χ0) is 19.4. The molecule has 2 saturated heterocycles. The minimum atomic E-state index is -1.01. The maximum absolute atomic E-state index is 12.7. The summed E-state index contributed by atoms with van der Waals surface area (Å²) >= 11 is 0. The summed E-state index contributed by atoms with van der Waals surface area (Å²) in [4.78, 5) is 39.4. The molecule has 0 bridgehead atoms. The van der Waals surface area contributed by atoms with Gasteiger partial charge in [0.05, 0.1) is 6.54 Å². The summed E-state index contributed by atoms with van der Waals surface area (Å²) in [5.74, 6) is -0.0648. The molecule has 2 N–H and O–H groups in total. The summed E-state index contributed by atoms with van der Waals surface area (Å²) in [6.07, 6.45) is 3.26. The third-order valence-corrected chi connectivity index (χ3v) is 5.50. The fraction of sp³-hybridized carbons (Fsp3) is 0.550. The normalized spacial score (nSPS) is 24.1. The molecule has 0 aliphatic carbocycles. The molecule has 4 amide bonds. The molecule has 7 heteroatoms. The summed E-state index contributed by atoms with van der Waals surface area (Å²) < 4.78 is 0. The number of piperidine rings is 1. The summed E-state index contributed by atoms with van der Waals surface area (Å²) in [5, 5.41) is 3.56. The van der Waals surface area contributed by atoms with Gasteiger partial charge in [-0.1, -0.05) is 37.3 Å². The van der Waals surface area contributed by atoms with Crippen molar-refractivity contribution in [2.75, 3.05) is 19.6 Å². The lowest BCUT2D eigenvalue weighted by Gasteiger charge is -2.30. The van der Waals surface area contributed by atoms with Gasteiger partial charge in [0.2, 0.25) is 0 Å². The minimum absolute atomic E-state index is 0.199. The highest BCUT2D eigenvalue weighted by Crippen LogP contribution is 2.22. The van der Waals surface area contributed by atoms with Crippen LogP contribution in [0.3, 0.4) is 0 Å². The SMILES string of the molecule is CC1CCN(CC(=O)NN2C(=O)NC(C)(CCc3ccccc3)C2=O)CC1. The highest BCUT2D eigenvalue weighted by atomic mass is 16.2. The van der Waals surface area contributed by atoms with Crippen LogP contribution in [0.15, 0.2) is 30.3 Å². The van der Waals surface area contributed by atoms with Gasteiger partial charge in [0.15, 0.2) is 0 Å². The number of nitrogens with one attached hydrogen (secondary N) is 2. The Bertz CT molecular complexity index is 700. The lowest BCUT2D eigenvalue weighted by atomic mass is 9.93. The number of aryl methyl sites for hydroxylation is 1. The number of carbonyl (C=O) groups excluding carboxylic acids is 3. The van der Waals surface area contributed by atoms with Gasteiger partial charge in [0.1, 0.15) is 5.54 Å². The molecule has 3 rings (SSSR count). The van der Waals surface area contributed by atoms with Crippen LogP contribution in [0.4, 0.5) is 4.79 Å². The molecule has 0 saturated carbocycles. The zero-order valence-corrected chi connectivity index (χ0v) is 16.0. The highest BCUT2D eigenvalue weighted by molar-refractivity contribution is 6.07. The second-order valence-electron chi connectivity index (χ2n) is 7.88. The second-order valence-corrected chi connectivity index (χ2v) is 7.88. The number of rotatable bonds is 6. The number of hydrogen-bond donors (Lipinski definition) is 2. The number of hydrazine groups is 1. The monoisotopic (exact) mass is 372 g/mol. The Morgan fingerprint density at radius 1 is 1.22 bits per heavy atom. The van der Waals surface area contributed by atoms with E-state index in [2.05, 4.69) is 22.6 Å². The quantitative estimate of drug-likeness (QED) is 0.745. The molecule has 1 aromatic rings. The van der Waals surface area contributed by atoms with Crippen molar-refractivity contribution in [1.82, 2.24) is 20.7 Å². The average molecular weight is 372 g/mol. The summed E-state index contributed by atoms with van der Waals surface area (Å²) in [7, 11) is 0. The van der Waals surface area contributed by atoms with Crippen molar-refractivity contribution in [3.05, 3.63) is 35.9 Å². The van der Waals surface area contributed by atoms with E-state index in [4.69, 9.17) is 0 Å². The van der Waals surface area contributed by atoms with Crippen LogP contribution in [-0.2, 0) is 16.0 Å².